The summed E-state index contributed by atoms with van der Waals surface area (Å²) in [6.45, 7) is 3.98. The first-order valence-electron chi connectivity index (χ1n) is 3.14. The summed E-state index contributed by atoms with van der Waals surface area (Å²) in [4.78, 5) is 11.7. The standard InChI is InChI=1S/C7H8N2OS/c1-2-4-8-7(10)6-3-5-9-11-6/h2-3,5H,1,4H2,(H,8,10). The normalized spacial score (nSPS) is 9.09. The first kappa shape index (κ1) is 7.94. The van der Waals surface area contributed by atoms with E-state index in [1.165, 1.54) is 11.5 Å². The molecule has 0 atom stereocenters. The zero-order valence-corrected chi connectivity index (χ0v) is 6.73. The van der Waals surface area contributed by atoms with Gasteiger partial charge in [-0.1, -0.05) is 6.08 Å². The molecule has 0 saturated carbocycles. The molecule has 3 nitrogen and oxygen atoms in total. The van der Waals surface area contributed by atoms with Crippen LogP contribution in [-0.2, 0) is 0 Å². The molecular formula is C7H8N2OS. The highest BCUT2D eigenvalue weighted by atomic mass is 32.1. The summed E-state index contributed by atoms with van der Waals surface area (Å²) >= 11 is 1.19. The van der Waals surface area contributed by atoms with Crippen LogP contribution in [0.3, 0.4) is 0 Å². The number of hydrogen-bond donors (Lipinski definition) is 1. The van der Waals surface area contributed by atoms with Gasteiger partial charge >= 0.3 is 0 Å². The molecule has 4 heteroatoms. The number of nitrogens with one attached hydrogen (secondary N) is 1. The van der Waals surface area contributed by atoms with Crippen molar-refractivity contribution in [2.75, 3.05) is 6.54 Å². The number of rotatable bonds is 3. The largest absolute Gasteiger partial charge is 0.348 e. The molecule has 1 aromatic rings. The molecule has 0 spiro atoms. The van der Waals surface area contributed by atoms with E-state index in [0.29, 0.717) is 11.4 Å². The molecule has 0 unspecified atom stereocenters. The van der Waals surface area contributed by atoms with Crippen LogP contribution < -0.4 is 5.32 Å². The molecule has 0 aromatic carbocycles. The van der Waals surface area contributed by atoms with Gasteiger partial charge in [-0.25, -0.2) is 4.37 Å². The molecule has 0 saturated heterocycles. The van der Waals surface area contributed by atoms with Gasteiger partial charge in [0.15, 0.2) is 0 Å². The Morgan fingerprint density at radius 1 is 1.91 bits per heavy atom. The monoisotopic (exact) mass is 168 g/mol. The van der Waals surface area contributed by atoms with Crippen LogP contribution in [0.15, 0.2) is 24.9 Å². The average molecular weight is 168 g/mol. The van der Waals surface area contributed by atoms with Crippen molar-refractivity contribution < 1.29 is 4.79 Å². The highest BCUT2D eigenvalue weighted by molar-refractivity contribution is 7.08. The quantitative estimate of drug-likeness (QED) is 0.686. The number of aromatic nitrogens is 1. The third kappa shape index (κ3) is 2.16. The fourth-order valence-corrected chi connectivity index (χ4v) is 1.10. The van der Waals surface area contributed by atoms with Crippen LogP contribution in [0.5, 0.6) is 0 Å². The number of amides is 1. The third-order valence-corrected chi connectivity index (χ3v) is 1.81. The van der Waals surface area contributed by atoms with E-state index in [1.807, 2.05) is 0 Å². The van der Waals surface area contributed by atoms with Gasteiger partial charge in [0.2, 0.25) is 0 Å². The zero-order valence-electron chi connectivity index (χ0n) is 5.91. The molecule has 1 heterocycles. The lowest BCUT2D eigenvalue weighted by Gasteiger charge is -1.95. The molecule has 0 radical (unpaired) electrons. The predicted molar refractivity (Wildman–Crippen MR) is 44.6 cm³/mol. The van der Waals surface area contributed by atoms with E-state index in [-0.39, 0.29) is 5.91 Å². The van der Waals surface area contributed by atoms with Crippen LogP contribution in [0.25, 0.3) is 0 Å². The van der Waals surface area contributed by atoms with Crippen molar-refractivity contribution in [1.82, 2.24) is 9.69 Å². The minimum absolute atomic E-state index is 0.0904. The Morgan fingerprint density at radius 2 is 2.73 bits per heavy atom. The molecule has 1 aromatic heterocycles. The highest BCUT2D eigenvalue weighted by Crippen LogP contribution is 2.02. The Kier molecular flexibility index (Phi) is 2.80. The van der Waals surface area contributed by atoms with Crippen LogP contribution >= 0.6 is 11.5 Å². The van der Waals surface area contributed by atoms with Crippen LogP contribution in [0.1, 0.15) is 9.67 Å². The maximum absolute atomic E-state index is 11.1. The van der Waals surface area contributed by atoms with Crippen molar-refractivity contribution in [3.8, 4) is 0 Å². The molecule has 0 bridgehead atoms. The summed E-state index contributed by atoms with van der Waals surface area (Å²) in [7, 11) is 0. The highest BCUT2D eigenvalue weighted by Gasteiger charge is 2.03. The fraction of sp³-hybridized carbons (Fsp3) is 0.143. The smallest absolute Gasteiger partial charge is 0.263 e. The lowest BCUT2D eigenvalue weighted by atomic mass is 10.4. The second-order valence-corrected chi connectivity index (χ2v) is 2.71. The van der Waals surface area contributed by atoms with Crippen LogP contribution in [0.2, 0.25) is 0 Å². The lowest BCUT2D eigenvalue weighted by Crippen LogP contribution is -2.21. The van der Waals surface area contributed by atoms with Crippen molar-refractivity contribution in [3.63, 3.8) is 0 Å². The van der Waals surface area contributed by atoms with E-state index in [1.54, 1.807) is 18.3 Å². The maximum Gasteiger partial charge on any atom is 0.263 e. The maximum atomic E-state index is 11.1. The van der Waals surface area contributed by atoms with Gasteiger partial charge in [0.25, 0.3) is 5.91 Å². The van der Waals surface area contributed by atoms with Gasteiger partial charge in [0.05, 0.1) is 0 Å². The van der Waals surface area contributed by atoms with E-state index in [0.717, 1.165) is 0 Å². The second-order valence-electron chi connectivity index (χ2n) is 1.88. The summed E-state index contributed by atoms with van der Waals surface area (Å²) in [6.07, 6.45) is 3.24. The fourth-order valence-electron chi connectivity index (χ4n) is 0.585. The summed E-state index contributed by atoms with van der Waals surface area (Å²) in [5.74, 6) is -0.0904. The van der Waals surface area contributed by atoms with Gasteiger partial charge in [-0.05, 0) is 17.6 Å². The van der Waals surface area contributed by atoms with Crippen molar-refractivity contribution in [2.45, 2.75) is 0 Å². The minimum Gasteiger partial charge on any atom is -0.348 e. The molecule has 58 valence electrons. The molecule has 1 rings (SSSR count). The molecule has 0 fully saturated rings. The SMILES string of the molecule is C=CCNC(=O)c1ccns1. The number of carbonyl (C=O) groups excluding carboxylic acids is 1. The van der Waals surface area contributed by atoms with Crippen LogP contribution in [0.4, 0.5) is 0 Å². The molecular weight excluding hydrogens is 160 g/mol. The Labute approximate surface area is 68.9 Å². The van der Waals surface area contributed by atoms with Crippen molar-refractivity contribution in [3.05, 3.63) is 29.8 Å². The topological polar surface area (TPSA) is 42.0 Å². The van der Waals surface area contributed by atoms with Gasteiger partial charge in [-0.2, -0.15) is 0 Å². The van der Waals surface area contributed by atoms with E-state index < -0.39 is 0 Å². The Hall–Kier alpha value is -1.16. The Morgan fingerprint density at radius 3 is 3.27 bits per heavy atom. The minimum atomic E-state index is -0.0904. The van der Waals surface area contributed by atoms with E-state index >= 15 is 0 Å². The van der Waals surface area contributed by atoms with E-state index in [2.05, 4.69) is 16.3 Å². The second kappa shape index (κ2) is 3.88. The zero-order chi connectivity index (χ0) is 8.10. The molecule has 0 aliphatic heterocycles. The molecule has 1 amide bonds. The lowest BCUT2D eigenvalue weighted by molar-refractivity contribution is 0.0962. The van der Waals surface area contributed by atoms with Gasteiger partial charge in [0.1, 0.15) is 4.88 Å². The van der Waals surface area contributed by atoms with Crippen LogP contribution in [0, 0.1) is 0 Å². The number of nitrogens with zero attached hydrogens (tertiary/aromatic N) is 1. The molecule has 11 heavy (non-hydrogen) atoms. The number of hydrogen-bond acceptors (Lipinski definition) is 3. The van der Waals surface area contributed by atoms with Crippen LogP contribution in [-0.4, -0.2) is 16.8 Å². The molecule has 1 N–H and O–H groups in total. The van der Waals surface area contributed by atoms with Crippen molar-refractivity contribution >= 4 is 17.4 Å². The first-order chi connectivity index (χ1) is 5.34. The van der Waals surface area contributed by atoms with E-state index in [9.17, 15) is 4.79 Å². The van der Waals surface area contributed by atoms with Gasteiger partial charge in [0, 0.05) is 12.7 Å². The van der Waals surface area contributed by atoms with Crippen molar-refractivity contribution in [1.29, 1.82) is 0 Å². The molecule has 0 aliphatic rings. The summed E-state index contributed by atoms with van der Waals surface area (Å²) in [5, 5.41) is 2.65. The van der Waals surface area contributed by atoms with Crippen molar-refractivity contribution in [2.24, 2.45) is 0 Å². The van der Waals surface area contributed by atoms with E-state index in [4.69, 9.17) is 0 Å². The Bertz CT molecular complexity index is 243. The summed E-state index contributed by atoms with van der Waals surface area (Å²) in [6, 6.07) is 1.68. The van der Waals surface area contributed by atoms with Gasteiger partial charge < -0.3 is 5.32 Å². The first-order valence-corrected chi connectivity index (χ1v) is 3.91. The van der Waals surface area contributed by atoms with Gasteiger partial charge in [-0.3, -0.25) is 4.79 Å². The summed E-state index contributed by atoms with van der Waals surface area (Å²) in [5.41, 5.74) is 0. The average Bonchev–Trinajstić information content (AvgIpc) is 2.52. The van der Waals surface area contributed by atoms with Gasteiger partial charge in [-0.15, -0.1) is 6.58 Å². The molecule has 0 aliphatic carbocycles. The Balaban J connectivity index is 2.49. The third-order valence-electron chi connectivity index (χ3n) is 1.07. The number of carbonyl (C=O) groups is 1. The predicted octanol–water partition coefficient (Wildman–Crippen LogP) is 1.06. The summed E-state index contributed by atoms with van der Waals surface area (Å²) < 4.78 is 3.81.